The summed E-state index contributed by atoms with van der Waals surface area (Å²) in [5.41, 5.74) is -0.543. The van der Waals surface area contributed by atoms with Gasteiger partial charge >= 0.3 is 12.0 Å². The Hall–Kier alpha value is -1.26. The van der Waals surface area contributed by atoms with Crippen LogP contribution in [0.4, 0.5) is 4.79 Å². The molecule has 1 heterocycles. The number of carbonyl (C=O) groups excluding carboxylic acids is 2. The lowest BCUT2D eigenvalue weighted by atomic mass is 9.99. The summed E-state index contributed by atoms with van der Waals surface area (Å²) in [5.74, 6) is -0.296. The fourth-order valence-corrected chi connectivity index (χ4v) is 2.36. The highest BCUT2D eigenvalue weighted by molar-refractivity contribution is 5.84. The lowest BCUT2D eigenvalue weighted by molar-refractivity contribution is -0.158. The number of amides is 2. The summed E-state index contributed by atoms with van der Waals surface area (Å²) in [4.78, 5) is 26.4. The maximum absolute atomic E-state index is 12.3. The van der Waals surface area contributed by atoms with Crippen molar-refractivity contribution in [2.75, 3.05) is 13.1 Å². The van der Waals surface area contributed by atoms with Crippen LogP contribution in [0.15, 0.2) is 0 Å². The number of hydrogen-bond acceptors (Lipinski definition) is 3. The molecule has 1 aliphatic rings. The molecule has 1 rings (SSSR count). The SMILES string of the molecule is CC[C@H](C)[C@H](NC(=O)N1CCCCC1)C(=O)OC(C)(C)C. The van der Waals surface area contributed by atoms with E-state index >= 15 is 0 Å². The van der Waals surface area contributed by atoms with Crippen molar-refractivity contribution in [2.45, 2.75) is 71.9 Å². The van der Waals surface area contributed by atoms with Crippen LogP contribution in [-0.4, -0.2) is 41.6 Å². The lowest BCUT2D eigenvalue weighted by Crippen LogP contribution is -2.53. The minimum absolute atomic E-state index is 0.0496. The predicted octanol–water partition coefficient (Wildman–Crippen LogP) is 2.94. The molecule has 122 valence electrons. The van der Waals surface area contributed by atoms with Gasteiger partial charge in [0.05, 0.1) is 0 Å². The van der Waals surface area contributed by atoms with Crippen LogP contribution in [0.5, 0.6) is 0 Å². The molecule has 0 unspecified atom stereocenters. The van der Waals surface area contributed by atoms with Gasteiger partial charge in [-0.1, -0.05) is 20.3 Å². The molecule has 21 heavy (non-hydrogen) atoms. The Morgan fingerprint density at radius 2 is 1.76 bits per heavy atom. The summed E-state index contributed by atoms with van der Waals surface area (Å²) in [6.07, 6.45) is 4.05. The Bertz CT molecular complexity index is 357. The molecule has 0 aliphatic carbocycles. The average molecular weight is 298 g/mol. The van der Waals surface area contributed by atoms with E-state index in [0.29, 0.717) is 0 Å². The Morgan fingerprint density at radius 3 is 2.24 bits per heavy atom. The predicted molar refractivity (Wildman–Crippen MR) is 83.0 cm³/mol. The molecule has 0 aromatic heterocycles. The molecular formula is C16H30N2O3. The van der Waals surface area contributed by atoms with Crippen molar-refractivity contribution in [2.24, 2.45) is 5.92 Å². The van der Waals surface area contributed by atoms with E-state index in [1.165, 1.54) is 6.42 Å². The van der Waals surface area contributed by atoms with Crippen LogP contribution >= 0.6 is 0 Å². The number of likely N-dealkylation sites (tertiary alicyclic amines) is 1. The number of hydrogen-bond donors (Lipinski definition) is 1. The molecule has 0 aromatic rings. The highest BCUT2D eigenvalue weighted by atomic mass is 16.6. The van der Waals surface area contributed by atoms with Crippen molar-refractivity contribution >= 4 is 12.0 Å². The van der Waals surface area contributed by atoms with E-state index < -0.39 is 11.6 Å². The van der Waals surface area contributed by atoms with Crippen LogP contribution in [0.3, 0.4) is 0 Å². The van der Waals surface area contributed by atoms with Gasteiger partial charge < -0.3 is 15.0 Å². The average Bonchev–Trinajstić information content (AvgIpc) is 2.42. The second kappa shape index (κ2) is 7.66. The van der Waals surface area contributed by atoms with E-state index in [4.69, 9.17) is 4.74 Å². The third-order valence-corrected chi connectivity index (χ3v) is 3.80. The fourth-order valence-electron chi connectivity index (χ4n) is 2.36. The molecule has 1 aliphatic heterocycles. The van der Waals surface area contributed by atoms with Gasteiger partial charge in [-0.3, -0.25) is 0 Å². The summed E-state index contributed by atoms with van der Waals surface area (Å²) >= 11 is 0. The summed E-state index contributed by atoms with van der Waals surface area (Å²) in [6, 6.07) is -0.727. The molecule has 0 aromatic carbocycles. The van der Waals surface area contributed by atoms with Crippen LogP contribution in [0.1, 0.15) is 60.3 Å². The largest absolute Gasteiger partial charge is 0.458 e. The molecule has 0 spiro atoms. The number of urea groups is 1. The molecule has 1 fully saturated rings. The van der Waals surface area contributed by atoms with Gasteiger partial charge in [0, 0.05) is 13.1 Å². The standard InChI is InChI=1S/C16H30N2O3/c1-6-12(2)13(14(19)21-16(3,4)5)17-15(20)18-10-8-7-9-11-18/h12-13H,6-11H2,1-5H3,(H,17,20)/t12-,13-/m0/s1. The zero-order chi connectivity index (χ0) is 16.0. The Morgan fingerprint density at radius 1 is 1.19 bits per heavy atom. The van der Waals surface area contributed by atoms with E-state index in [1.54, 1.807) is 4.90 Å². The highest BCUT2D eigenvalue weighted by Gasteiger charge is 2.31. The van der Waals surface area contributed by atoms with Crippen LogP contribution in [0, 0.1) is 5.92 Å². The number of ether oxygens (including phenoxy) is 1. The Labute approximate surface area is 128 Å². The van der Waals surface area contributed by atoms with E-state index in [2.05, 4.69) is 5.32 Å². The Kier molecular flexibility index (Phi) is 6.49. The van der Waals surface area contributed by atoms with E-state index in [0.717, 1.165) is 32.4 Å². The van der Waals surface area contributed by atoms with Gasteiger partial charge in [-0.2, -0.15) is 0 Å². The van der Waals surface area contributed by atoms with Crippen LogP contribution in [0.2, 0.25) is 0 Å². The molecular weight excluding hydrogens is 268 g/mol. The molecule has 0 bridgehead atoms. The zero-order valence-electron chi connectivity index (χ0n) is 14.1. The number of nitrogens with zero attached hydrogens (tertiary/aromatic N) is 1. The number of piperidine rings is 1. The van der Waals surface area contributed by atoms with E-state index in [9.17, 15) is 9.59 Å². The maximum Gasteiger partial charge on any atom is 0.329 e. The van der Waals surface area contributed by atoms with Gasteiger partial charge in [-0.15, -0.1) is 0 Å². The van der Waals surface area contributed by atoms with Crippen molar-refractivity contribution in [3.63, 3.8) is 0 Å². The highest BCUT2D eigenvalue weighted by Crippen LogP contribution is 2.16. The van der Waals surface area contributed by atoms with Crippen molar-refractivity contribution in [1.29, 1.82) is 0 Å². The number of rotatable bonds is 4. The normalized spacial score (nSPS) is 18.8. The molecule has 1 saturated heterocycles. The molecule has 0 radical (unpaired) electrons. The summed E-state index contributed by atoms with van der Waals surface area (Å²) in [6.45, 7) is 11.0. The van der Waals surface area contributed by atoms with Gasteiger partial charge in [0.15, 0.2) is 0 Å². The van der Waals surface area contributed by atoms with E-state index in [-0.39, 0.29) is 17.9 Å². The first kappa shape index (κ1) is 17.8. The Balaban J connectivity index is 2.69. The smallest absolute Gasteiger partial charge is 0.329 e. The fraction of sp³-hybridized carbons (Fsp3) is 0.875. The van der Waals surface area contributed by atoms with E-state index in [1.807, 2.05) is 34.6 Å². The quantitative estimate of drug-likeness (QED) is 0.812. The zero-order valence-corrected chi connectivity index (χ0v) is 14.1. The molecule has 0 saturated carbocycles. The van der Waals surface area contributed by atoms with Crippen molar-refractivity contribution in [3.8, 4) is 0 Å². The van der Waals surface area contributed by atoms with Crippen molar-refractivity contribution in [3.05, 3.63) is 0 Å². The third-order valence-electron chi connectivity index (χ3n) is 3.80. The molecule has 2 atom stereocenters. The second-order valence-corrected chi connectivity index (χ2v) is 6.89. The second-order valence-electron chi connectivity index (χ2n) is 6.89. The summed E-state index contributed by atoms with van der Waals surface area (Å²) < 4.78 is 5.44. The van der Waals surface area contributed by atoms with Gasteiger partial charge in [0.2, 0.25) is 0 Å². The first-order valence-corrected chi connectivity index (χ1v) is 8.03. The van der Waals surface area contributed by atoms with Gasteiger partial charge in [0.25, 0.3) is 0 Å². The summed E-state index contributed by atoms with van der Waals surface area (Å²) in [7, 11) is 0. The topological polar surface area (TPSA) is 58.6 Å². The van der Waals surface area contributed by atoms with Crippen molar-refractivity contribution < 1.29 is 14.3 Å². The monoisotopic (exact) mass is 298 g/mol. The molecule has 5 nitrogen and oxygen atoms in total. The minimum atomic E-state index is -0.580. The molecule has 5 heteroatoms. The maximum atomic E-state index is 12.3. The minimum Gasteiger partial charge on any atom is -0.458 e. The molecule has 2 amide bonds. The number of esters is 1. The lowest BCUT2D eigenvalue weighted by Gasteiger charge is -2.31. The first-order chi connectivity index (χ1) is 9.74. The third kappa shape index (κ3) is 5.94. The van der Waals surface area contributed by atoms with Crippen LogP contribution in [-0.2, 0) is 9.53 Å². The van der Waals surface area contributed by atoms with Crippen LogP contribution in [0.25, 0.3) is 0 Å². The number of nitrogens with one attached hydrogen (secondary N) is 1. The van der Waals surface area contributed by atoms with Gasteiger partial charge in [-0.05, 0) is 46.0 Å². The summed E-state index contributed by atoms with van der Waals surface area (Å²) in [5, 5.41) is 2.87. The first-order valence-electron chi connectivity index (χ1n) is 8.03. The van der Waals surface area contributed by atoms with Crippen molar-refractivity contribution in [1.82, 2.24) is 10.2 Å². The molecule has 1 N–H and O–H groups in total. The van der Waals surface area contributed by atoms with Gasteiger partial charge in [0.1, 0.15) is 11.6 Å². The number of carbonyl (C=O) groups is 2. The van der Waals surface area contributed by atoms with Crippen LogP contribution < -0.4 is 5.32 Å². The van der Waals surface area contributed by atoms with Gasteiger partial charge in [-0.25, -0.2) is 9.59 Å².